The quantitative estimate of drug-likeness (QED) is 0.780. The predicted octanol–water partition coefficient (Wildman–Crippen LogP) is 1.49. The van der Waals surface area contributed by atoms with Crippen molar-refractivity contribution in [1.29, 1.82) is 0 Å². The van der Waals surface area contributed by atoms with Crippen LogP contribution in [0.25, 0.3) is 0 Å². The molecular formula is C10H16N2OS. The molecule has 0 aromatic carbocycles. The highest BCUT2D eigenvalue weighted by Crippen LogP contribution is 2.36. The third-order valence-corrected chi connectivity index (χ3v) is 3.72. The average Bonchev–Trinajstić information content (AvgIpc) is 2.72. The van der Waals surface area contributed by atoms with Gasteiger partial charge in [0, 0.05) is 11.4 Å². The largest absolute Gasteiger partial charge is 0.384 e. The second-order valence-electron chi connectivity index (χ2n) is 3.97. The van der Waals surface area contributed by atoms with Crippen LogP contribution < -0.4 is 5.32 Å². The molecule has 1 aliphatic rings. The zero-order valence-corrected chi connectivity index (χ0v) is 9.18. The second kappa shape index (κ2) is 3.96. The molecule has 1 aromatic heterocycles. The number of hydrogen-bond acceptors (Lipinski definition) is 4. The van der Waals surface area contributed by atoms with Gasteiger partial charge in [0.05, 0.1) is 11.2 Å². The maximum absolute atomic E-state index is 10.4. The summed E-state index contributed by atoms with van der Waals surface area (Å²) in [6, 6.07) is 0.564. The summed E-state index contributed by atoms with van der Waals surface area (Å²) < 4.78 is 0. The van der Waals surface area contributed by atoms with Crippen molar-refractivity contribution in [3.63, 3.8) is 0 Å². The van der Waals surface area contributed by atoms with Crippen molar-refractivity contribution in [2.75, 3.05) is 7.05 Å². The minimum absolute atomic E-state index is 0.564. The number of nitrogens with one attached hydrogen (secondary N) is 1. The van der Waals surface area contributed by atoms with Crippen LogP contribution in [0.3, 0.4) is 0 Å². The van der Waals surface area contributed by atoms with E-state index in [0.717, 1.165) is 31.4 Å². The second-order valence-corrected chi connectivity index (χ2v) is 4.69. The van der Waals surface area contributed by atoms with Gasteiger partial charge in [-0.25, -0.2) is 4.98 Å². The minimum atomic E-state index is -0.659. The molecule has 1 heterocycles. The summed E-state index contributed by atoms with van der Waals surface area (Å²) in [7, 11) is 1.98. The van der Waals surface area contributed by atoms with E-state index in [1.807, 2.05) is 12.4 Å². The van der Waals surface area contributed by atoms with E-state index in [9.17, 15) is 5.11 Å². The van der Waals surface area contributed by atoms with Crippen LogP contribution in [0.2, 0.25) is 0 Å². The molecule has 2 N–H and O–H groups in total. The van der Waals surface area contributed by atoms with E-state index in [2.05, 4.69) is 10.3 Å². The van der Waals surface area contributed by atoms with Gasteiger partial charge in [-0.3, -0.25) is 0 Å². The molecule has 0 aliphatic heterocycles. The van der Waals surface area contributed by atoms with E-state index in [4.69, 9.17) is 0 Å². The van der Waals surface area contributed by atoms with E-state index in [-0.39, 0.29) is 0 Å². The Morgan fingerprint density at radius 3 is 2.79 bits per heavy atom. The van der Waals surface area contributed by atoms with E-state index in [1.165, 1.54) is 0 Å². The first-order chi connectivity index (χ1) is 6.74. The monoisotopic (exact) mass is 212 g/mol. The molecule has 1 aliphatic carbocycles. The maximum atomic E-state index is 10.4. The highest BCUT2D eigenvalue weighted by atomic mass is 32.1. The lowest BCUT2D eigenvalue weighted by atomic mass is 9.80. The van der Waals surface area contributed by atoms with E-state index >= 15 is 0 Å². The number of thiazole rings is 1. The summed E-state index contributed by atoms with van der Waals surface area (Å²) in [5.41, 5.74) is 1.99. The molecule has 2 rings (SSSR count). The normalized spacial score (nSPS) is 33.1. The van der Waals surface area contributed by atoms with Crippen LogP contribution in [-0.4, -0.2) is 23.2 Å². The summed E-state index contributed by atoms with van der Waals surface area (Å²) in [6.45, 7) is 0. The molecule has 0 radical (unpaired) electrons. The lowest BCUT2D eigenvalue weighted by Crippen LogP contribution is -2.38. The number of aromatic nitrogens is 1. The maximum Gasteiger partial charge on any atom is 0.107 e. The number of aliphatic hydroxyl groups is 1. The number of nitrogens with zero attached hydrogens (tertiary/aromatic N) is 1. The molecule has 14 heavy (non-hydrogen) atoms. The van der Waals surface area contributed by atoms with Crippen LogP contribution in [-0.2, 0) is 5.60 Å². The van der Waals surface area contributed by atoms with Gasteiger partial charge in [-0.2, -0.15) is 0 Å². The van der Waals surface area contributed by atoms with Crippen molar-refractivity contribution in [3.8, 4) is 0 Å². The van der Waals surface area contributed by atoms with Gasteiger partial charge >= 0.3 is 0 Å². The molecule has 1 saturated carbocycles. The number of hydrogen-bond donors (Lipinski definition) is 2. The van der Waals surface area contributed by atoms with Crippen molar-refractivity contribution in [2.24, 2.45) is 0 Å². The Morgan fingerprint density at radius 1 is 1.57 bits per heavy atom. The molecule has 0 atom stereocenters. The highest BCUT2D eigenvalue weighted by molar-refractivity contribution is 7.07. The van der Waals surface area contributed by atoms with Gasteiger partial charge < -0.3 is 10.4 Å². The highest BCUT2D eigenvalue weighted by Gasteiger charge is 2.35. The Kier molecular flexibility index (Phi) is 2.85. The fourth-order valence-electron chi connectivity index (χ4n) is 2.08. The third kappa shape index (κ3) is 1.82. The van der Waals surface area contributed by atoms with Gasteiger partial charge in [0.1, 0.15) is 5.60 Å². The van der Waals surface area contributed by atoms with Crippen LogP contribution in [0, 0.1) is 0 Å². The SMILES string of the molecule is CNC1CCC(O)(c2cscn2)CC1. The van der Waals surface area contributed by atoms with Gasteiger partial charge in [0.15, 0.2) is 0 Å². The van der Waals surface area contributed by atoms with Gasteiger partial charge in [-0.15, -0.1) is 11.3 Å². The van der Waals surface area contributed by atoms with E-state index in [1.54, 1.807) is 16.8 Å². The number of rotatable bonds is 2. The van der Waals surface area contributed by atoms with Gasteiger partial charge in [-0.05, 0) is 32.7 Å². The first kappa shape index (κ1) is 10.1. The minimum Gasteiger partial charge on any atom is -0.384 e. The third-order valence-electron chi connectivity index (χ3n) is 3.13. The first-order valence-corrected chi connectivity index (χ1v) is 5.97. The van der Waals surface area contributed by atoms with E-state index in [0.29, 0.717) is 6.04 Å². The molecular weight excluding hydrogens is 196 g/mol. The van der Waals surface area contributed by atoms with Crippen LogP contribution in [0.4, 0.5) is 0 Å². The van der Waals surface area contributed by atoms with Crippen LogP contribution in [0.15, 0.2) is 10.9 Å². The smallest absolute Gasteiger partial charge is 0.107 e. The van der Waals surface area contributed by atoms with Gasteiger partial charge in [0.25, 0.3) is 0 Å². The molecule has 3 nitrogen and oxygen atoms in total. The average molecular weight is 212 g/mol. The molecule has 0 spiro atoms. The lowest BCUT2D eigenvalue weighted by molar-refractivity contribution is -0.0110. The Morgan fingerprint density at radius 2 is 2.29 bits per heavy atom. The summed E-state index contributed by atoms with van der Waals surface area (Å²) >= 11 is 1.55. The summed E-state index contributed by atoms with van der Waals surface area (Å²) in [6.07, 6.45) is 3.71. The molecule has 0 unspecified atom stereocenters. The Labute approximate surface area is 88.2 Å². The topological polar surface area (TPSA) is 45.1 Å². The molecule has 1 aromatic rings. The fourth-order valence-corrected chi connectivity index (χ4v) is 2.73. The van der Waals surface area contributed by atoms with Crippen LogP contribution in [0.1, 0.15) is 31.4 Å². The molecule has 78 valence electrons. The van der Waals surface area contributed by atoms with E-state index < -0.39 is 5.60 Å². The first-order valence-electron chi connectivity index (χ1n) is 5.03. The van der Waals surface area contributed by atoms with Crippen LogP contribution >= 0.6 is 11.3 Å². The Hall–Kier alpha value is -0.450. The van der Waals surface area contributed by atoms with Crippen molar-refractivity contribution in [2.45, 2.75) is 37.3 Å². The predicted molar refractivity (Wildman–Crippen MR) is 57.3 cm³/mol. The lowest BCUT2D eigenvalue weighted by Gasteiger charge is -2.34. The van der Waals surface area contributed by atoms with Crippen molar-refractivity contribution < 1.29 is 5.11 Å². The zero-order chi connectivity index (χ0) is 10.0. The molecule has 0 saturated heterocycles. The molecule has 0 amide bonds. The fraction of sp³-hybridized carbons (Fsp3) is 0.700. The van der Waals surface area contributed by atoms with Crippen molar-refractivity contribution in [3.05, 3.63) is 16.6 Å². The molecule has 1 fully saturated rings. The van der Waals surface area contributed by atoms with Crippen LogP contribution in [0.5, 0.6) is 0 Å². The molecule has 0 bridgehead atoms. The van der Waals surface area contributed by atoms with Crippen molar-refractivity contribution >= 4 is 11.3 Å². The zero-order valence-electron chi connectivity index (χ0n) is 8.36. The van der Waals surface area contributed by atoms with Gasteiger partial charge in [-0.1, -0.05) is 0 Å². The molecule has 4 heteroatoms. The standard InChI is InChI=1S/C10H16N2OS/c1-11-8-2-4-10(13,5-3-8)9-6-14-7-12-9/h6-8,11,13H,2-5H2,1H3. The van der Waals surface area contributed by atoms with Gasteiger partial charge in [0.2, 0.25) is 0 Å². The van der Waals surface area contributed by atoms with Crippen molar-refractivity contribution in [1.82, 2.24) is 10.3 Å². The summed E-state index contributed by atoms with van der Waals surface area (Å²) in [5, 5.41) is 15.6. The Balaban J connectivity index is 2.06. The summed E-state index contributed by atoms with van der Waals surface area (Å²) in [4.78, 5) is 4.21. The summed E-state index contributed by atoms with van der Waals surface area (Å²) in [5.74, 6) is 0. The Bertz CT molecular complexity index is 278.